The van der Waals surface area contributed by atoms with Gasteiger partial charge in [-0.1, -0.05) is 23.4 Å². The van der Waals surface area contributed by atoms with E-state index in [4.69, 9.17) is 16.3 Å². The summed E-state index contributed by atoms with van der Waals surface area (Å²) in [6.07, 6.45) is 6.73. The number of methoxy groups -OCH3 is 1. The molecule has 9 nitrogen and oxygen atoms in total. The second kappa shape index (κ2) is 11.2. The van der Waals surface area contributed by atoms with E-state index in [-0.39, 0.29) is 23.0 Å². The number of aromatic nitrogens is 3. The minimum atomic E-state index is -4.39. The number of sulfonamides is 1. The Bertz CT molecular complexity index is 1450. The molecule has 2 heterocycles. The Morgan fingerprint density at radius 3 is 2.46 bits per heavy atom. The molecule has 3 aromatic rings. The van der Waals surface area contributed by atoms with Gasteiger partial charge in [-0.3, -0.25) is 4.72 Å². The molecule has 37 heavy (non-hydrogen) atoms. The van der Waals surface area contributed by atoms with E-state index in [0.29, 0.717) is 24.4 Å². The molecule has 13 heteroatoms. The summed E-state index contributed by atoms with van der Waals surface area (Å²) in [6, 6.07) is 3.07. The summed E-state index contributed by atoms with van der Waals surface area (Å²) in [5, 5.41) is 12.8. The molecule has 194 valence electrons. The molecule has 2 aromatic heterocycles. The van der Waals surface area contributed by atoms with E-state index in [1.54, 1.807) is 0 Å². The average Bonchev–Trinajstić information content (AvgIpc) is 2.88. The highest BCUT2D eigenvalue weighted by Crippen LogP contribution is 2.28. The first-order valence-corrected chi connectivity index (χ1v) is 13.0. The smallest absolute Gasteiger partial charge is 0.267 e. The van der Waals surface area contributed by atoms with E-state index in [9.17, 15) is 17.9 Å². The number of rotatable bonds is 6. The molecule has 4 rings (SSSR count). The molecule has 1 saturated carbocycles. The lowest BCUT2D eigenvalue weighted by molar-refractivity contribution is 0.126. The van der Waals surface area contributed by atoms with Crippen molar-refractivity contribution >= 4 is 33.3 Å². The van der Waals surface area contributed by atoms with Crippen LogP contribution in [0.25, 0.3) is 0 Å². The second-order valence-electron chi connectivity index (χ2n) is 8.25. The Hall–Kier alpha value is -3.53. The van der Waals surface area contributed by atoms with Gasteiger partial charge in [0, 0.05) is 24.6 Å². The quantitative estimate of drug-likeness (QED) is 0.397. The summed E-state index contributed by atoms with van der Waals surface area (Å²) >= 11 is 5.85. The van der Waals surface area contributed by atoms with Gasteiger partial charge in [0.1, 0.15) is 5.82 Å². The number of nitrogens with one attached hydrogen (secondary N) is 2. The number of nitrogens with zero attached hydrogens (tertiary/aromatic N) is 3. The van der Waals surface area contributed by atoms with Gasteiger partial charge < -0.3 is 15.2 Å². The van der Waals surface area contributed by atoms with Crippen LogP contribution < -0.4 is 14.8 Å². The zero-order valence-corrected chi connectivity index (χ0v) is 21.1. The molecule has 0 atom stereocenters. The third kappa shape index (κ3) is 6.43. The molecule has 0 amide bonds. The molecular weight excluding hydrogens is 528 g/mol. The molecule has 1 aliphatic rings. The third-order valence-corrected chi connectivity index (χ3v) is 7.18. The van der Waals surface area contributed by atoms with Gasteiger partial charge in [0.25, 0.3) is 10.0 Å². The van der Waals surface area contributed by atoms with E-state index < -0.39 is 37.8 Å². The maximum absolute atomic E-state index is 15.1. The highest BCUT2D eigenvalue weighted by atomic mass is 35.5. The van der Waals surface area contributed by atoms with Gasteiger partial charge in [-0.2, -0.15) is 0 Å². The molecule has 0 unspecified atom stereocenters. The Kier molecular flexibility index (Phi) is 8.06. The van der Waals surface area contributed by atoms with Crippen molar-refractivity contribution in [2.75, 3.05) is 17.1 Å². The maximum Gasteiger partial charge on any atom is 0.267 e. The van der Waals surface area contributed by atoms with E-state index in [1.807, 2.05) is 0 Å². The summed E-state index contributed by atoms with van der Waals surface area (Å²) in [6.45, 7) is 0. The van der Waals surface area contributed by atoms with Gasteiger partial charge in [0.2, 0.25) is 11.8 Å². The van der Waals surface area contributed by atoms with Gasteiger partial charge in [-0.25, -0.2) is 32.2 Å². The topological polar surface area (TPSA) is 126 Å². The lowest BCUT2D eigenvalue weighted by Gasteiger charge is -2.25. The third-order valence-electron chi connectivity index (χ3n) is 5.62. The molecule has 0 spiro atoms. The molecule has 1 aromatic carbocycles. The number of aliphatic hydroxyl groups is 1. The number of benzene rings is 1. The van der Waals surface area contributed by atoms with Crippen LogP contribution in [-0.2, 0) is 10.0 Å². The summed E-state index contributed by atoms with van der Waals surface area (Å²) in [5.74, 6) is 2.91. The van der Waals surface area contributed by atoms with Crippen LogP contribution in [0.2, 0.25) is 5.02 Å². The molecule has 0 aliphatic heterocycles. The van der Waals surface area contributed by atoms with Gasteiger partial charge in [0.15, 0.2) is 10.7 Å². The Morgan fingerprint density at radius 2 is 1.78 bits per heavy atom. The van der Waals surface area contributed by atoms with E-state index >= 15 is 4.39 Å². The number of hydrogen-bond donors (Lipinski definition) is 3. The van der Waals surface area contributed by atoms with Gasteiger partial charge >= 0.3 is 0 Å². The van der Waals surface area contributed by atoms with Crippen LogP contribution in [-0.4, -0.2) is 47.7 Å². The summed E-state index contributed by atoms with van der Waals surface area (Å²) in [7, 11) is -3.17. The molecule has 0 radical (unpaired) electrons. The fourth-order valence-corrected chi connectivity index (χ4v) is 5.13. The number of ether oxygens (including phenoxy) is 1. The first-order chi connectivity index (χ1) is 17.7. The van der Waals surface area contributed by atoms with Gasteiger partial charge in [-0.15, -0.1) is 0 Å². The van der Waals surface area contributed by atoms with E-state index in [1.165, 1.54) is 25.7 Å². The van der Waals surface area contributed by atoms with Crippen LogP contribution in [0.3, 0.4) is 0 Å². The van der Waals surface area contributed by atoms with Crippen molar-refractivity contribution in [3.05, 3.63) is 64.6 Å². The first-order valence-electron chi connectivity index (χ1n) is 11.2. The van der Waals surface area contributed by atoms with Crippen LogP contribution in [0.4, 0.5) is 20.4 Å². The number of hydrogen-bond acceptors (Lipinski definition) is 8. The second-order valence-corrected chi connectivity index (χ2v) is 10.3. The highest BCUT2D eigenvalue weighted by molar-refractivity contribution is 7.92. The van der Waals surface area contributed by atoms with Crippen LogP contribution in [0, 0.1) is 23.5 Å². The summed E-state index contributed by atoms with van der Waals surface area (Å²) < 4.78 is 62.1. The van der Waals surface area contributed by atoms with Crippen molar-refractivity contribution in [1.82, 2.24) is 15.0 Å². The van der Waals surface area contributed by atoms with Crippen molar-refractivity contribution in [2.24, 2.45) is 0 Å². The minimum absolute atomic E-state index is 0.0216. The fraction of sp³-hybridized carbons (Fsp3) is 0.292. The average molecular weight is 550 g/mol. The van der Waals surface area contributed by atoms with Crippen molar-refractivity contribution in [3.8, 4) is 17.7 Å². The molecule has 1 fully saturated rings. The van der Waals surface area contributed by atoms with Gasteiger partial charge in [-0.05, 0) is 43.9 Å². The van der Waals surface area contributed by atoms with Crippen molar-refractivity contribution in [2.45, 2.75) is 42.7 Å². The fourth-order valence-electron chi connectivity index (χ4n) is 3.70. The lowest BCUT2D eigenvalue weighted by Crippen LogP contribution is -2.28. The maximum atomic E-state index is 15.1. The first kappa shape index (κ1) is 26.5. The molecule has 1 aliphatic carbocycles. The Balaban J connectivity index is 1.53. The summed E-state index contributed by atoms with van der Waals surface area (Å²) in [5.41, 5.74) is -0.871. The zero-order chi connectivity index (χ0) is 26.6. The van der Waals surface area contributed by atoms with E-state index in [0.717, 1.165) is 31.0 Å². The molecular formula is C24H22ClF2N5O4S. The number of pyridine rings is 1. The number of aliphatic hydroxyl groups excluding tert-OH is 1. The SMILES string of the molecule is COc1ncc(Cl)cc1S(=O)(=O)Nc1ccc(F)c(C#Cc2cnc(N[C@H]3CC[C@H](O)CC3)nc2)c1F. The predicted molar refractivity (Wildman–Crippen MR) is 133 cm³/mol. The monoisotopic (exact) mass is 549 g/mol. The Morgan fingerprint density at radius 1 is 1.08 bits per heavy atom. The zero-order valence-electron chi connectivity index (χ0n) is 19.5. The van der Waals surface area contributed by atoms with Crippen molar-refractivity contribution in [3.63, 3.8) is 0 Å². The standard InChI is InChI=1S/C24H22ClF2N5O4S/c1-36-23-21(10-15(25)13-28-23)37(34,35)32-20-9-8-19(26)18(22(20)27)7-2-14-11-29-24(30-12-14)31-16-3-5-17(33)6-4-16/h8-13,16-17,32-33H,3-6H2,1H3,(H,29,30,31)/t16-,17-. The van der Waals surface area contributed by atoms with Crippen LogP contribution >= 0.6 is 11.6 Å². The van der Waals surface area contributed by atoms with Gasteiger partial charge in [0.05, 0.1) is 35.1 Å². The molecule has 0 saturated heterocycles. The van der Waals surface area contributed by atoms with Crippen molar-refractivity contribution in [1.29, 1.82) is 0 Å². The van der Waals surface area contributed by atoms with Crippen LogP contribution in [0.15, 0.2) is 41.7 Å². The van der Waals surface area contributed by atoms with Crippen molar-refractivity contribution < 1.29 is 27.0 Å². The highest BCUT2D eigenvalue weighted by Gasteiger charge is 2.24. The predicted octanol–water partition coefficient (Wildman–Crippen LogP) is 3.73. The normalized spacial score (nSPS) is 17.4. The number of halogens is 3. The van der Waals surface area contributed by atoms with Crippen LogP contribution in [0.5, 0.6) is 5.88 Å². The molecule has 0 bridgehead atoms. The summed E-state index contributed by atoms with van der Waals surface area (Å²) in [4.78, 5) is 11.7. The Labute approximate surface area is 217 Å². The molecule has 3 N–H and O–H groups in total. The van der Waals surface area contributed by atoms with E-state index in [2.05, 4.69) is 36.8 Å². The largest absolute Gasteiger partial charge is 0.480 e. The lowest BCUT2D eigenvalue weighted by atomic mass is 9.93. The van der Waals surface area contributed by atoms with Crippen LogP contribution in [0.1, 0.15) is 36.8 Å². The minimum Gasteiger partial charge on any atom is -0.480 e. The number of anilines is 2.